The molecule has 0 radical (unpaired) electrons. The van der Waals surface area contributed by atoms with Crippen LogP contribution in [0.25, 0.3) is 22.1 Å². The second-order valence-electron chi connectivity index (χ2n) is 30.2. The van der Waals surface area contributed by atoms with Gasteiger partial charge in [0.05, 0.1) is 17.0 Å². The average molecular weight is 1010 g/mol. The van der Waals surface area contributed by atoms with E-state index in [1.54, 1.807) is 0 Å². The van der Waals surface area contributed by atoms with Crippen LogP contribution >= 0.6 is 0 Å². The molecule has 392 valence electrons. The predicted molar refractivity (Wildman–Crippen MR) is 326 cm³/mol. The Bertz CT molecular complexity index is 3590. The SMILES string of the molecule is CC1CCC(C)c2cc3c4c(oc3cc21)B1c2cc3c(cc2N(c2ccc5c(c2)C(C)(C)CCC5(C)C)c2cc(C(C)(C)C)cc(c21)N4c1cc2c(cc1-c1ccccc1)C(C)(C)CCC2(C)C)C(C)(C)CCC3(C)C. The summed E-state index contributed by atoms with van der Waals surface area (Å²) < 4.78 is 7.87. The van der Waals surface area contributed by atoms with E-state index in [2.05, 4.69) is 225 Å². The first kappa shape index (κ1) is 50.1. The van der Waals surface area contributed by atoms with E-state index in [-0.39, 0.29) is 44.6 Å². The van der Waals surface area contributed by atoms with Crippen molar-refractivity contribution in [3.05, 3.63) is 147 Å². The van der Waals surface area contributed by atoms with Crippen molar-refractivity contribution in [2.24, 2.45) is 0 Å². The summed E-state index contributed by atoms with van der Waals surface area (Å²) in [5.74, 6) is 0.959. The third kappa shape index (κ3) is 7.25. The van der Waals surface area contributed by atoms with Gasteiger partial charge in [0.2, 0.25) is 0 Å². The van der Waals surface area contributed by atoms with Gasteiger partial charge in [-0.25, -0.2) is 0 Å². The van der Waals surface area contributed by atoms with Gasteiger partial charge in [-0.1, -0.05) is 160 Å². The smallest absolute Gasteiger partial charge is 0.297 e. The Kier molecular flexibility index (Phi) is 10.6. The summed E-state index contributed by atoms with van der Waals surface area (Å²) in [4.78, 5) is 5.49. The van der Waals surface area contributed by atoms with Crippen LogP contribution in [-0.2, 0) is 37.9 Å². The van der Waals surface area contributed by atoms with Gasteiger partial charge >= 0.3 is 0 Å². The Morgan fingerprint density at radius 3 is 1.54 bits per heavy atom. The molecule has 2 unspecified atom stereocenters. The van der Waals surface area contributed by atoms with E-state index >= 15 is 0 Å². The molecular weight excluding hydrogens is 920 g/mol. The van der Waals surface area contributed by atoms with Crippen LogP contribution in [-0.4, -0.2) is 6.71 Å². The van der Waals surface area contributed by atoms with Gasteiger partial charge in [-0.3, -0.25) is 0 Å². The minimum Gasteiger partial charge on any atom is -0.468 e. The second kappa shape index (κ2) is 16.1. The highest BCUT2D eigenvalue weighted by molar-refractivity contribution is 7.00. The van der Waals surface area contributed by atoms with E-state index in [1.807, 2.05) is 0 Å². The maximum absolute atomic E-state index is 7.87. The lowest BCUT2D eigenvalue weighted by atomic mass is 9.35. The Labute approximate surface area is 457 Å². The fourth-order valence-electron chi connectivity index (χ4n) is 15.6. The van der Waals surface area contributed by atoms with Crippen molar-refractivity contribution in [3.8, 4) is 11.1 Å². The third-order valence-electron chi connectivity index (χ3n) is 21.2. The van der Waals surface area contributed by atoms with Crippen LogP contribution in [0, 0.1) is 0 Å². The monoisotopic (exact) mass is 1000 g/mol. The number of anilines is 6. The van der Waals surface area contributed by atoms with Crippen molar-refractivity contribution in [1.82, 2.24) is 0 Å². The highest BCUT2D eigenvalue weighted by Gasteiger charge is 2.51. The van der Waals surface area contributed by atoms with Crippen LogP contribution in [0.4, 0.5) is 34.1 Å². The summed E-state index contributed by atoms with van der Waals surface area (Å²) in [7, 11) is 0. The molecule has 76 heavy (non-hydrogen) atoms. The molecule has 4 aliphatic carbocycles. The molecule has 7 aromatic rings. The number of rotatable bonds is 3. The first-order chi connectivity index (χ1) is 35.6. The Hall–Kier alpha value is -5.48. The zero-order valence-electron chi connectivity index (χ0n) is 49.4. The van der Waals surface area contributed by atoms with Crippen LogP contribution in [0.5, 0.6) is 0 Å². The normalized spacial score (nSPS) is 22.7. The number of nitrogens with zero attached hydrogens (tertiary/aromatic N) is 2. The van der Waals surface area contributed by atoms with Crippen LogP contribution in [0.3, 0.4) is 0 Å². The van der Waals surface area contributed by atoms with Gasteiger partial charge in [-0.05, 0) is 222 Å². The fraction of sp³-hybridized carbons (Fsp3) is 0.472. The lowest BCUT2D eigenvalue weighted by Gasteiger charge is -2.48. The maximum Gasteiger partial charge on any atom is 0.297 e. The highest BCUT2D eigenvalue weighted by atomic mass is 16.3. The largest absolute Gasteiger partial charge is 0.468 e. The molecule has 4 heteroatoms. The Morgan fingerprint density at radius 1 is 0.487 bits per heavy atom. The maximum atomic E-state index is 7.87. The summed E-state index contributed by atoms with van der Waals surface area (Å²) in [6, 6.07) is 39.9. The topological polar surface area (TPSA) is 19.6 Å². The number of hydrogen-bond acceptors (Lipinski definition) is 3. The van der Waals surface area contributed by atoms with Crippen molar-refractivity contribution in [2.45, 2.75) is 219 Å². The summed E-state index contributed by atoms with van der Waals surface area (Å²) >= 11 is 0. The minimum atomic E-state index is -0.157. The van der Waals surface area contributed by atoms with Crippen molar-refractivity contribution < 1.29 is 4.42 Å². The molecule has 6 aliphatic rings. The zero-order chi connectivity index (χ0) is 53.8. The van der Waals surface area contributed by atoms with E-state index < -0.39 is 0 Å². The Morgan fingerprint density at radius 2 is 0.974 bits per heavy atom. The van der Waals surface area contributed by atoms with Gasteiger partial charge in [0, 0.05) is 33.7 Å². The van der Waals surface area contributed by atoms with Crippen LogP contribution in [0.15, 0.2) is 101 Å². The highest BCUT2D eigenvalue weighted by Crippen LogP contribution is 2.57. The van der Waals surface area contributed by atoms with Gasteiger partial charge in [-0.15, -0.1) is 0 Å². The summed E-state index contributed by atoms with van der Waals surface area (Å²) in [6.45, 7) is 41.9. The quantitative estimate of drug-likeness (QED) is 0.164. The number of fused-ring (bicyclic) bond motifs is 10. The van der Waals surface area contributed by atoms with Crippen LogP contribution in [0.1, 0.15) is 231 Å². The molecule has 1 aromatic heterocycles. The minimum absolute atomic E-state index is 0.00400. The first-order valence-corrected chi connectivity index (χ1v) is 29.6. The predicted octanol–water partition coefficient (Wildman–Crippen LogP) is 18.5. The second-order valence-corrected chi connectivity index (χ2v) is 30.2. The van der Waals surface area contributed by atoms with Crippen molar-refractivity contribution in [3.63, 3.8) is 0 Å². The number of hydrogen-bond donors (Lipinski definition) is 0. The van der Waals surface area contributed by atoms with Crippen molar-refractivity contribution in [1.29, 1.82) is 0 Å². The molecule has 0 saturated carbocycles. The molecule has 0 N–H and O–H groups in total. The van der Waals surface area contributed by atoms with Gasteiger partial charge in [0.1, 0.15) is 5.58 Å². The van der Waals surface area contributed by atoms with E-state index in [0.29, 0.717) is 11.8 Å². The Balaban J connectivity index is 1.21. The van der Waals surface area contributed by atoms with Gasteiger partial charge in [-0.2, -0.15) is 0 Å². The molecule has 6 aromatic carbocycles. The molecule has 3 heterocycles. The van der Waals surface area contributed by atoms with Crippen LogP contribution < -0.4 is 26.4 Å². The van der Waals surface area contributed by atoms with E-state index in [9.17, 15) is 0 Å². The molecule has 13 rings (SSSR count). The molecule has 0 saturated heterocycles. The lowest BCUT2D eigenvalue weighted by molar-refractivity contribution is 0.332. The molecule has 0 fully saturated rings. The third-order valence-corrected chi connectivity index (χ3v) is 21.2. The zero-order valence-corrected chi connectivity index (χ0v) is 49.4. The molecule has 0 amide bonds. The fourth-order valence-corrected chi connectivity index (χ4v) is 15.6. The molecule has 2 atom stereocenters. The van der Waals surface area contributed by atoms with Crippen molar-refractivity contribution in [2.75, 3.05) is 9.80 Å². The number of benzene rings is 6. The standard InChI is InChI=1S/C72H85BN2O/c1-42-23-24-43(2)48-38-62-50(36-47(42)48)64-65(76-62)73-57-39-54-56(72(16,17)32-30-70(54,12)13)41-59(57)74(46-25-26-51-52(35-46)68(8,9)28-27-67(51,6)7)60-33-45(66(3,4)5)34-61(63(60)73)75(64)58-40-55-53(69(10,11)29-31-71(55,14)15)37-49(58)44-21-19-18-20-22-44/h18-22,25-26,33-43H,23-24,27-32H2,1-17H3. The molecular formula is C72H85BN2O. The lowest BCUT2D eigenvalue weighted by Crippen LogP contribution is -2.61. The van der Waals surface area contributed by atoms with Crippen molar-refractivity contribution >= 4 is 68.4 Å². The summed E-state index contributed by atoms with van der Waals surface area (Å²) in [6.07, 6.45) is 9.41. The van der Waals surface area contributed by atoms with Crippen LogP contribution in [0.2, 0.25) is 0 Å². The molecule has 2 aliphatic heterocycles. The summed E-state index contributed by atoms with van der Waals surface area (Å²) in [5, 5.41) is 1.24. The average Bonchev–Trinajstić information content (AvgIpc) is 3.95. The van der Waals surface area contributed by atoms with E-state index in [0.717, 1.165) is 36.9 Å². The van der Waals surface area contributed by atoms with Gasteiger partial charge in [0.15, 0.2) is 0 Å². The van der Waals surface area contributed by atoms with Gasteiger partial charge < -0.3 is 14.2 Å². The van der Waals surface area contributed by atoms with E-state index in [1.165, 1.54) is 137 Å². The molecule has 0 spiro atoms. The number of furan rings is 1. The van der Waals surface area contributed by atoms with Gasteiger partial charge in [0.25, 0.3) is 6.71 Å². The summed E-state index contributed by atoms with van der Waals surface area (Å²) in [5.41, 5.74) is 28.2. The molecule has 0 bridgehead atoms. The van der Waals surface area contributed by atoms with E-state index in [4.69, 9.17) is 4.42 Å². The first-order valence-electron chi connectivity index (χ1n) is 29.6. The molecule has 3 nitrogen and oxygen atoms in total.